The van der Waals surface area contributed by atoms with Gasteiger partial charge in [-0.05, 0) is 24.6 Å². The van der Waals surface area contributed by atoms with Gasteiger partial charge in [0, 0.05) is 19.3 Å². The molecule has 1 rings (SSSR count). The van der Waals surface area contributed by atoms with Crippen molar-refractivity contribution in [3.63, 3.8) is 0 Å². The van der Waals surface area contributed by atoms with E-state index in [-0.39, 0.29) is 0 Å². The Kier molecular flexibility index (Phi) is 15.2. The Morgan fingerprint density at radius 1 is 1.29 bits per heavy atom. The van der Waals surface area contributed by atoms with E-state index in [4.69, 9.17) is 15.3 Å². The summed E-state index contributed by atoms with van der Waals surface area (Å²) in [6.07, 6.45) is 0.625. The lowest BCUT2D eigenvalue weighted by atomic mass is 10.2. The normalized spacial score (nSPS) is 8.00. The Hall–Kier alpha value is -1.55. The second kappa shape index (κ2) is 14.5. The molecular formula is C13H24N2O2. The summed E-state index contributed by atoms with van der Waals surface area (Å²) in [7, 11) is 1.56. The smallest absolute Gasteiger partial charge is 0.206 e. The van der Waals surface area contributed by atoms with Gasteiger partial charge in [0.15, 0.2) is 0 Å². The van der Waals surface area contributed by atoms with Gasteiger partial charge in [0.05, 0.1) is 6.61 Å². The summed E-state index contributed by atoms with van der Waals surface area (Å²) in [5, 5.41) is 2.25. The average molecular weight is 240 g/mol. The fraction of sp³-hybridized carbons (Fsp3) is 0.462. The highest BCUT2D eigenvalue weighted by Crippen LogP contribution is 2.05. The molecule has 1 amide bonds. The minimum Gasteiger partial charge on any atom is -0.399 e. The molecule has 0 fully saturated rings. The Bertz CT molecular complexity index is 261. The zero-order chi connectivity index (χ0) is 13.5. The molecule has 98 valence electrons. The van der Waals surface area contributed by atoms with Crippen LogP contribution in [0.1, 0.15) is 26.3 Å². The lowest BCUT2D eigenvalue weighted by Gasteiger charge is -2.00. The van der Waals surface area contributed by atoms with Gasteiger partial charge in [0.1, 0.15) is 0 Å². The number of hydrogen-bond acceptors (Lipinski definition) is 3. The van der Waals surface area contributed by atoms with E-state index in [0.29, 0.717) is 13.0 Å². The van der Waals surface area contributed by atoms with Crippen molar-refractivity contribution < 1.29 is 9.53 Å². The van der Waals surface area contributed by atoms with Crippen LogP contribution in [0.4, 0.5) is 5.69 Å². The van der Waals surface area contributed by atoms with Gasteiger partial charge in [0.2, 0.25) is 6.41 Å². The predicted octanol–water partition coefficient (Wildman–Crippen LogP) is 2.19. The largest absolute Gasteiger partial charge is 0.399 e. The first kappa shape index (κ1) is 17.8. The second-order valence-electron chi connectivity index (χ2n) is 2.79. The molecule has 4 nitrogen and oxygen atoms in total. The molecule has 0 atom stereocenters. The van der Waals surface area contributed by atoms with Crippen molar-refractivity contribution in [2.45, 2.75) is 27.4 Å². The minimum absolute atomic E-state index is 0.625. The zero-order valence-corrected chi connectivity index (χ0v) is 11.2. The third-order valence-electron chi connectivity index (χ3n) is 1.57. The third kappa shape index (κ3) is 12.4. The number of carbonyl (C=O) groups is 1. The standard InChI is InChI=1S/C9H13NO.C2H5NO.C2H6/c1-2-11-7-8-3-5-9(10)6-4-8;1-3-2-4;1-2/h3-6H,2,7,10H2,1H3;2H,1H3,(H,3,4);1-2H3. The zero-order valence-electron chi connectivity index (χ0n) is 11.2. The quantitative estimate of drug-likeness (QED) is 0.626. The Balaban J connectivity index is 0. The molecule has 3 N–H and O–H groups in total. The van der Waals surface area contributed by atoms with Crippen molar-refractivity contribution in [1.29, 1.82) is 0 Å². The number of anilines is 1. The summed E-state index contributed by atoms with van der Waals surface area (Å²) in [4.78, 5) is 9.06. The maximum Gasteiger partial charge on any atom is 0.206 e. The maximum absolute atomic E-state index is 9.06. The number of hydrogen-bond donors (Lipinski definition) is 2. The maximum atomic E-state index is 9.06. The van der Waals surface area contributed by atoms with Crippen LogP contribution in [-0.2, 0) is 16.1 Å². The number of carbonyl (C=O) groups excluding carboxylic acids is 1. The molecule has 17 heavy (non-hydrogen) atoms. The molecule has 0 unspecified atom stereocenters. The summed E-state index contributed by atoms with van der Waals surface area (Å²) in [6.45, 7) is 7.42. The van der Waals surface area contributed by atoms with Gasteiger partial charge in [-0.15, -0.1) is 0 Å². The van der Waals surface area contributed by atoms with Crippen LogP contribution in [0, 0.1) is 0 Å². The minimum atomic E-state index is 0.625. The summed E-state index contributed by atoms with van der Waals surface area (Å²) in [5.74, 6) is 0. The van der Waals surface area contributed by atoms with Crippen molar-refractivity contribution in [3.05, 3.63) is 29.8 Å². The SMILES string of the molecule is CC.CCOCc1ccc(N)cc1.CNC=O. The summed E-state index contributed by atoms with van der Waals surface area (Å²) >= 11 is 0. The first-order valence-electron chi connectivity index (χ1n) is 5.77. The van der Waals surface area contributed by atoms with Crippen molar-refractivity contribution in [2.24, 2.45) is 0 Å². The molecule has 1 aromatic carbocycles. The predicted molar refractivity (Wildman–Crippen MR) is 72.7 cm³/mol. The van der Waals surface area contributed by atoms with Crippen LogP contribution in [0.25, 0.3) is 0 Å². The van der Waals surface area contributed by atoms with Gasteiger partial charge in [-0.3, -0.25) is 4.79 Å². The number of nitrogen functional groups attached to an aromatic ring is 1. The van der Waals surface area contributed by atoms with Crippen LogP contribution in [0.3, 0.4) is 0 Å². The monoisotopic (exact) mass is 240 g/mol. The number of rotatable bonds is 4. The van der Waals surface area contributed by atoms with E-state index >= 15 is 0 Å². The first-order chi connectivity index (χ1) is 8.24. The molecule has 0 aliphatic heterocycles. The van der Waals surface area contributed by atoms with Gasteiger partial charge in [-0.1, -0.05) is 26.0 Å². The van der Waals surface area contributed by atoms with Gasteiger partial charge >= 0.3 is 0 Å². The molecule has 0 spiro atoms. The van der Waals surface area contributed by atoms with Gasteiger partial charge in [0.25, 0.3) is 0 Å². The number of nitrogens with two attached hydrogens (primary N) is 1. The van der Waals surface area contributed by atoms with E-state index in [1.807, 2.05) is 45.0 Å². The van der Waals surface area contributed by atoms with Crippen LogP contribution in [0.15, 0.2) is 24.3 Å². The molecule has 0 aromatic heterocycles. The van der Waals surface area contributed by atoms with Crippen LogP contribution in [-0.4, -0.2) is 20.1 Å². The molecule has 0 aliphatic rings. The highest BCUT2D eigenvalue weighted by Gasteiger charge is 1.90. The van der Waals surface area contributed by atoms with E-state index in [2.05, 4.69) is 5.32 Å². The molecule has 0 heterocycles. The first-order valence-corrected chi connectivity index (χ1v) is 5.77. The molecule has 0 bridgehead atoms. The molecule has 0 radical (unpaired) electrons. The molecule has 0 saturated heterocycles. The highest BCUT2D eigenvalue weighted by molar-refractivity contribution is 5.44. The molecule has 0 aliphatic carbocycles. The van der Waals surface area contributed by atoms with Crippen molar-refractivity contribution >= 4 is 12.1 Å². The van der Waals surface area contributed by atoms with E-state index in [0.717, 1.165) is 12.3 Å². The molecule has 0 saturated carbocycles. The Labute approximate surface area is 104 Å². The Morgan fingerprint density at radius 3 is 2.12 bits per heavy atom. The summed E-state index contributed by atoms with van der Waals surface area (Å²) in [5.41, 5.74) is 7.48. The summed E-state index contributed by atoms with van der Waals surface area (Å²) in [6, 6.07) is 7.72. The molecule has 1 aromatic rings. The van der Waals surface area contributed by atoms with E-state index in [9.17, 15) is 0 Å². The van der Waals surface area contributed by atoms with Crippen LogP contribution in [0.5, 0.6) is 0 Å². The second-order valence-corrected chi connectivity index (χ2v) is 2.79. The van der Waals surface area contributed by atoms with Crippen LogP contribution < -0.4 is 11.1 Å². The third-order valence-corrected chi connectivity index (χ3v) is 1.57. The number of benzene rings is 1. The number of amides is 1. The number of ether oxygens (including phenoxy) is 1. The van der Waals surface area contributed by atoms with E-state index in [1.165, 1.54) is 5.56 Å². The lowest BCUT2D eigenvalue weighted by Crippen LogP contribution is -1.98. The molecule has 4 heteroatoms. The van der Waals surface area contributed by atoms with Gasteiger partial charge in [-0.2, -0.15) is 0 Å². The lowest BCUT2D eigenvalue weighted by molar-refractivity contribution is -0.109. The molecular weight excluding hydrogens is 216 g/mol. The van der Waals surface area contributed by atoms with Crippen LogP contribution in [0.2, 0.25) is 0 Å². The van der Waals surface area contributed by atoms with Crippen molar-refractivity contribution in [2.75, 3.05) is 19.4 Å². The van der Waals surface area contributed by atoms with E-state index in [1.54, 1.807) is 7.05 Å². The fourth-order valence-corrected chi connectivity index (χ4v) is 0.834. The average Bonchev–Trinajstić information content (AvgIpc) is 2.41. The number of nitrogens with one attached hydrogen (secondary N) is 1. The van der Waals surface area contributed by atoms with Crippen molar-refractivity contribution in [1.82, 2.24) is 5.32 Å². The fourth-order valence-electron chi connectivity index (χ4n) is 0.834. The topological polar surface area (TPSA) is 64.3 Å². The van der Waals surface area contributed by atoms with Crippen LogP contribution >= 0.6 is 0 Å². The van der Waals surface area contributed by atoms with E-state index < -0.39 is 0 Å². The summed E-state index contributed by atoms with van der Waals surface area (Å²) < 4.78 is 5.22. The highest BCUT2D eigenvalue weighted by atomic mass is 16.5. The Morgan fingerprint density at radius 2 is 1.76 bits per heavy atom. The van der Waals surface area contributed by atoms with Gasteiger partial charge in [-0.25, -0.2) is 0 Å². The van der Waals surface area contributed by atoms with Crippen molar-refractivity contribution in [3.8, 4) is 0 Å². The van der Waals surface area contributed by atoms with Gasteiger partial charge < -0.3 is 15.8 Å².